The maximum Gasteiger partial charge on any atom is 0.327 e. The number of nitrogens with zero attached hydrogens (tertiary/aromatic N) is 1. The van der Waals surface area contributed by atoms with Crippen LogP contribution in [0.15, 0.2) is 30.2 Å². The van der Waals surface area contributed by atoms with Crippen molar-refractivity contribution in [2.24, 2.45) is 0 Å². The van der Waals surface area contributed by atoms with Crippen LogP contribution in [0.2, 0.25) is 0 Å². The van der Waals surface area contributed by atoms with Crippen molar-refractivity contribution in [1.82, 2.24) is 10.2 Å². The molecule has 0 aliphatic carbocycles. The molecule has 2 saturated heterocycles. The number of fused-ring (bicyclic) bond motifs is 1. The number of carboxylic acid groups (broad SMARTS) is 1. The van der Waals surface area contributed by atoms with Crippen LogP contribution in [-0.2, 0) is 20.8 Å². The number of β-lactam (4-membered cyclic amide) rings is 1. The first kappa shape index (κ1) is 10.7. The van der Waals surface area contributed by atoms with Gasteiger partial charge in [0.25, 0.3) is 0 Å². The van der Waals surface area contributed by atoms with Gasteiger partial charge in [-0.05, 0) is 19.4 Å². The Morgan fingerprint density at radius 2 is 2.04 bits per heavy atom. The van der Waals surface area contributed by atoms with E-state index in [2.05, 4.69) is 5.32 Å². The first-order valence-corrected chi connectivity index (χ1v) is 7.84. The zero-order valence-corrected chi connectivity index (χ0v) is 13.3. The lowest BCUT2D eigenvalue weighted by molar-refractivity contribution is -0.161. The molecule has 2 fully saturated rings. The fraction of sp³-hybridized carbons (Fsp3) is 0.438. The van der Waals surface area contributed by atoms with Gasteiger partial charge in [0, 0.05) is 4.75 Å². The summed E-state index contributed by atoms with van der Waals surface area (Å²) in [6.45, 7) is 3.43. The van der Waals surface area contributed by atoms with E-state index >= 15 is 0 Å². The van der Waals surface area contributed by atoms with Gasteiger partial charge in [0.15, 0.2) is 0 Å². The molecule has 23 heavy (non-hydrogen) atoms. The van der Waals surface area contributed by atoms with Gasteiger partial charge in [-0.25, -0.2) is 4.79 Å². The summed E-state index contributed by atoms with van der Waals surface area (Å²) in [5.74, 6) is -2.30. The molecule has 3 rings (SSSR count). The Bertz CT molecular complexity index is 881. The van der Waals surface area contributed by atoms with E-state index in [4.69, 9.17) is 6.85 Å². The summed E-state index contributed by atoms with van der Waals surface area (Å²) in [5.41, 5.74) is -0.157. The first-order chi connectivity index (χ1) is 12.9. The van der Waals surface area contributed by atoms with E-state index in [1.807, 2.05) is 0 Å². The molecular weight excluding hydrogens is 316 g/mol. The third-order valence-corrected chi connectivity index (χ3v) is 5.45. The maximum atomic E-state index is 12.4. The Balaban J connectivity index is 1.76. The molecule has 122 valence electrons. The standard InChI is InChI=1S/C16H18N2O4S/c1-16(2)12(15(21)22)18-13(20)11(14(18)23-16)17-10(19)8-9-6-4-3-5-7-9/h3-7,11-12,14H,8H2,1-2H3,(H,17,19)(H,21,22)/t11-,12+,14-/m1/s1/i3D,4D,5D,6D,7D. The van der Waals surface area contributed by atoms with Crippen LogP contribution in [0.1, 0.15) is 26.3 Å². The molecule has 6 nitrogen and oxygen atoms in total. The van der Waals surface area contributed by atoms with Crippen LogP contribution < -0.4 is 5.32 Å². The zero-order chi connectivity index (χ0) is 21.1. The van der Waals surface area contributed by atoms with Crippen molar-refractivity contribution in [1.29, 1.82) is 0 Å². The number of hydrogen-bond donors (Lipinski definition) is 2. The van der Waals surface area contributed by atoms with Crippen LogP contribution in [0.4, 0.5) is 0 Å². The van der Waals surface area contributed by atoms with Crippen LogP contribution >= 0.6 is 11.8 Å². The zero-order valence-electron chi connectivity index (χ0n) is 17.5. The Labute approximate surface area is 145 Å². The highest BCUT2D eigenvalue weighted by Gasteiger charge is 2.64. The van der Waals surface area contributed by atoms with Gasteiger partial charge in [-0.1, -0.05) is 30.2 Å². The summed E-state index contributed by atoms with van der Waals surface area (Å²) in [7, 11) is 0. The highest BCUT2D eigenvalue weighted by atomic mass is 32.2. The average Bonchev–Trinajstić information content (AvgIpc) is 2.88. The SMILES string of the molecule is [2H]c1c([2H])c([2H])c(CC(=O)N[C@@H]2C(=O)N3[C@@H]2SC(C)(C)[C@@H]3C(=O)O)c([2H])c1[2H]. The Hall–Kier alpha value is -2.02. The normalized spacial score (nSPS) is 31.0. The van der Waals surface area contributed by atoms with Crippen LogP contribution in [0.3, 0.4) is 0 Å². The molecule has 1 aromatic carbocycles. The van der Waals surface area contributed by atoms with Gasteiger partial charge < -0.3 is 15.3 Å². The van der Waals surface area contributed by atoms with Crippen molar-refractivity contribution >= 4 is 29.5 Å². The molecule has 0 bridgehead atoms. The van der Waals surface area contributed by atoms with Crippen molar-refractivity contribution in [3.05, 3.63) is 35.8 Å². The monoisotopic (exact) mass is 339 g/mol. The lowest BCUT2D eigenvalue weighted by Gasteiger charge is -2.43. The number of carboxylic acids is 1. The number of carbonyl (C=O) groups is 3. The average molecular weight is 339 g/mol. The van der Waals surface area contributed by atoms with Crippen LogP contribution in [0, 0.1) is 0 Å². The summed E-state index contributed by atoms with van der Waals surface area (Å²) < 4.78 is 37.8. The molecule has 2 N–H and O–H groups in total. The summed E-state index contributed by atoms with van der Waals surface area (Å²) in [6.07, 6.45) is -0.484. The van der Waals surface area contributed by atoms with Gasteiger partial charge in [-0.15, -0.1) is 11.8 Å². The van der Waals surface area contributed by atoms with Crippen LogP contribution in [-0.4, -0.2) is 50.0 Å². The highest BCUT2D eigenvalue weighted by molar-refractivity contribution is 8.01. The number of hydrogen-bond acceptors (Lipinski definition) is 4. The number of benzene rings is 1. The van der Waals surface area contributed by atoms with Gasteiger partial charge in [-0.2, -0.15) is 0 Å². The summed E-state index contributed by atoms with van der Waals surface area (Å²) in [4.78, 5) is 37.5. The molecule has 0 radical (unpaired) electrons. The van der Waals surface area contributed by atoms with Crippen molar-refractivity contribution in [3.63, 3.8) is 0 Å². The number of rotatable bonds is 4. The minimum absolute atomic E-state index is 0.157. The van der Waals surface area contributed by atoms with Gasteiger partial charge in [0.05, 0.1) is 13.3 Å². The van der Waals surface area contributed by atoms with E-state index in [0.29, 0.717) is 0 Å². The molecule has 3 atom stereocenters. The lowest BCUT2D eigenvalue weighted by Crippen LogP contribution is -2.70. The maximum absolute atomic E-state index is 12.4. The minimum atomic E-state index is -1.11. The largest absolute Gasteiger partial charge is 0.480 e. The fourth-order valence-electron chi connectivity index (χ4n) is 2.89. The Morgan fingerprint density at radius 1 is 1.39 bits per heavy atom. The second kappa shape index (κ2) is 5.56. The van der Waals surface area contributed by atoms with E-state index < -0.39 is 76.6 Å². The summed E-state index contributed by atoms with van der Waals surface area (Å²) in [5, 5.41) is 11.4. The minimum Gasteiger partial charge on any atom is -0.480 e. The Morgan fingerprint density at radius 3 is 2.65 bits per heavy atom. The highest BCUT2D eigenvalue weighted by Crippen LogP contribution is 2.50. The molecule has 2 heterocycles. The van der Waals surface area contributed by atoms with Gasteiger partial charge in [0.2, 0.25) is 11.8 Å². The van der Waals surface area contributed by atoms with Gasteiger partial charge in [0.1, 0.15) is 17.5 Å². The van der Waals surface area contributed by atoms with Crippen LogP contribution in [0.5, 0.6) is 0 Å². The molecule has 2 amide bonds. The number of amides is 2. The van der Waals surface area contributed by atoms with Crippen LogP contribution in [0.25, 0.3) is 0 Å². The van der Waals surface area contributed by atoms with Crippen molar-refractivity contribution in [3.8, 4) is 0 Å². The lowest BCUT2D eigenvalue weighted by atomic mass is 9.96. The van der Waals surface area contributed by atoms with E-state index in [1.54, 1.807) is 13.8 Å². The van der Waals surface area contributed by atoms with E-state index in [9.17, 15) is 19.5 Å². The molecule has 0 unspecified atom stereocenters. The van der Waals surface area contributed by atoms with E-state index in [0.717, 1.165) is 0 Å². The number of carbonyl (C=O) groups excluding carboxylic acids is 2. The molecule has 0 saturated carbocycles. The molecule has 2 aliphatic heterocycles. The molecule has 0 aromatic heterocycles. The summed E-state index contributed by atoms with van der Waals surface area (Å²) in [6, 6.07) is -4.46. The molecular formula is C16H18N2O4S. The third kappa shape index (κ3) is 2.69. The number of nitrogens with one attached hydrogen (secondary N) is 1. The van der Waals surface area contributed by atoms with E-state index in [1.165, 1.54) is 16.7 Å². The molecule has 7 heteroatoms. The second-order valence-corrected chi connectivity index (χ2v) is 7.69. The Kier molecular flexibility index (Phi) is 2.59. The van der Waals surface area contributed by atoms with Crippen molar-refractivity contribution < 1.29 is 26.3 Å². The smallest absolute Gasteiger partial charge is 0.327 e. The topological polar surface area (TPSA) is 86.7 Å². The van der Waals surface area contributed by atoms with Crippen molar-refractivity contribution in [2.75, 3.05) is 0 Å². The third-order valence-electron chi connectivity index (χ3n) is 3.88. The molecule has 0 spiro atoms. The number of thioether (sulfide) groups is 1. The predicted molar refractivity (Wildman–Crippen MR) is 85.8 cm³/mol. The fourth-order valence-corrected chi connectivity index (χ4v) is 4.52. The number of aliphatic carboxylic acids is 1. The van der Waals surface area contributed by atoms with E-state index in [-0.39, 0.29) is 5.56 Å². The first-order valence-electron chi connectivity index (χ1n) is 9.46. The van der Waals surface area contributed by atoms with Crippen molar-refractivity contribution in [2.45, 2.75) is 42.5 Å². The molecule has 1 aromatic rings. The predicted octanol–water partition coefficient (Wildman–Crippen LogP) is 0.861. The molecule has 2 aliphatic rings. The quantitative estimate of drug-likeness (QED) is 0.795. The second-order valence-electron chi connectivity index (χ2n) is 5.92. The van der Waals surface area contributed by atoms with Gasteiger partial charge >= 0.3 is 5.97 Å². The summed E-state index contributed by atoms with van der Waals surface area (Å²) >= 11 is 1.28. The van der Waals surface area contributed by atoms with Gasteiger partial charge in [-0.3, -0.25) is 9.59 Å².